The minimum absolute atomic E-state index is 0.328. The molecule has 2 aromatic rings. The first kappa shape index (κ1) is 16.7. The largest absolute Gasteiger partial charge is 0.316 e. The number of likely N-dealkylation sites (N-methyl/N-ethyl adjacent to an activating group) is 1. The van der Waals surface area contributed by atoms with Crippen LogP contribution >= 0.6 is 35.0 Å². The Morgan fingerprint density at radius 2 is 2.14 bits per heavy atom. The van der Waals surface area contributed by atoms with E-state index >= 15 is 0 Å². The minimum Gasteiger partial charge on any atom is -0.316 e. The topological polar surface area (TPSA) is 29.9 Å². The second-order valence-corrected chi connectivity index (χ2v) is 6.82. The van der Waals surface area contributed by atoms with E-state index in [-0.39, 0.29) is 0 Å². The Labute approximate surface area is 140 Å². The molecule has 21 heavy (non-hydrogen) atoms. The Morgan fingerprint density at radius 1 is 1.38 bits per heavy atom. The smallest absolute Gasteiger partial charge is 0.130 e. The molecule has 1 unspecified atom stereocenters. The molecule has 0 amide bonds. The Hall–Kier alpha value is -0.680. The summed E-state index contributed by atoms with van der Waals surface area (Å²) in [5.41, 5.74) is 2.11. The van der Waals surface area contributed by atoms with E-state index in [1.165, 1.54) is 4.90 Å². The van der Waals surface area contributed by atoms with Crippen LogP contribution in [0.4, 0.5) is 0 Å². The molecule has 0 aliphatic heterocycles. The number of aromatic nitrogens is 2. The molecule has 2 rings (SSSR count). The Bertz CT molecular complexity index is 613. The van der Waals surface area contributed by atoms with Crippen molar-refractivity contribution in [2.75, 3.05) is 12.8 Å². The molecule has 0 bridgehead atoms. The van der Waals surface area contributed by atoms with Gasteiger partial charge in [-0.05, 0) is 38.6 Å². The maximum absolute atomic E-state index is 6.30. The highest BCUT2D eigenvalue weighted by Gasteiger charge is 2.16. The van der Waals surface area contributed by atoms with Gasteiger partial charge < -0.3 is 5.32 Å². The zero-order valence-corrected chi connectivity index (χ0v) is 14.7. The van der Waals surface area contributed by atoms with Crippen molar-refractivity contribution in [2.45, 2.75) is 24.3 Å². The van der Waals surface area contributed by atoms with Gasteiger partial charge >= 0.3 is 0 Å². The van der Waals surface area contributed by atoms with Gasteiger partial charge in [0.2, 0.25) is 0 Å². The molecule has 3 nitrogen and oxygen atoms in total. The normalized spacial score (nSPS) is 12.6. The van der Waals surface area contributed by atoms with Gasteiger partial charge in [-0.15, -0.1) is 11.8 Å². The number of hydrogen-bond donors (Lipinski definition) is 1. The van der Waals surface area contributed by atoms with E-state index in [1.807, 2.05) is 39.2 Å². The second kappa shape index (κ2) is 7.54. The molecule has 0 saturated heterocycles. The number of nitrogens with zero attached hydrogens (tertiary/aromatic N) is 2. The van der Waals surface area contributed by atoms with Crippen molar-refractivity contribution in [1.29, 1.82) is 0 Å². The summed E-state index contributed by atoms with van der Waals surface area (Å²) in [6.07, 6.45) is 0.864. The molecule has 0 fully saturated rings. The average molecular weight is 344 g/mol. The number of aryl methyl sites for hydroxylation is 2. The maximum Gasteiger partial charge on any atom is 0.130 e. The van der Waals surface area contributed by atoms with E-state index in [9.17, 15) is 0 Å². The summed E-state index contributed by atoms with van der Waals surface area (Å²) in [4.78, 5) is 1.18. The fraction of sp³-hybridized carbons (Fsp3) is 0.400. The van der Waals surface area contributed by atoms with Gasteiger partial charge in [0.15, 0.2) is 0 Å². The van der Waals surface area contributed by atoms with Crippen molar-refractivity contribution in [3.63, 3.8) is 0 Å². The molecule has 0 aliphatic carbocycles. The van der Waals surface area contributed by atoms with Crippen molar-refractivity contribution >= 4 is 35.0 Å². The van der Waals surface area contributed by atoms with Crippen LogP contribution in [0.3, 0.4) is 0 Å². The molecule has 0 aliphatic rings. The number of benzene rings is 1. The van der Waals surface area contributed by atoms with Gasteiger partial charge in [0.1, 0.15) is 5.15 Å². The Morgan fingerprint density at radius 3 is 2.71 bits per heavy atom. The van der Waals surface area contributed by atoms with Crippen molar-refractivity contribution in [2.24, 2.45) is 7.05 Å². The minimum atomic E-state index is 0.328. The molecule has 1 aromatic heterocycles. The predicted octanol–water partition coefficient (Wildman–Crippen LogP) is 3.96. The molecule has 0 radical (unpaired) electrons. The lowest BCUT2D eigenvalue weighted by atomic mass is 10.1. The highest BCUT2D eigenvalue weighted by atomic mass is 35.5. The van der Waals surface area contributed by atoms with Crippen molar-refractivity contribution in [3.05, 3.63) is 45.7 Å². The van der Waals surface area contributed by atoms with Gasteiger partial charge in [-0.3, -0.25) is 4.68 Å². The summed E-state index contributed by atoms with van der Waals surface area (Å²) in [5, 5.41) is 9.20. The number of nitrogens with one attached hydrogen (secondary N) is 1. The summed E-state index contributed by atoms with van der Waals surface area (Å²) in [6, 6.07) is 8.25. The lowest BCUT2D eigenvalue weighted by Gasteiger charge is -2.16. The molecule has 1 aromatic carbocycles. The summed E-state index contributed by atoms with van der Waals surface area (Å²) in [6.45, 7) is 2.00. The third-order valence-corrected chi connectivity index (χ3v) is 5.24. The van der Waals surface area contributed by atoms with Gasteiger partial charge in [-0.25, -0.2) is 0 Å². The van der Waals surface area contributed by atoms with Crippen molar-refractivity contribution < 1.29 is 0 Å². The van der Waals surface area contributed by atoms with Crippen LogP contribution in [-0.4, -0.2) is 28.6 Å². The van der Waals surface area contributed by atoms with Gasteiger partial charge in [0.25, 0.3) is 0 Å². The number of rotatable bonds is 6. The molecule has 1 atom stereocenters. The van der Waals surface area contributed by atoms with Gasteiger partial charge in [-0.2, -0.15) is 5.10 Å². The van der Waals surface area contributed by atoms with Gasteiger partial charge in [-0.1, -0.05) is 29.3 Å². The summed E-state index contributed by atoms with van der Waals surface area (Å²) < 4.78 is 1.73. The van der Waals surface area contributed by atoms with E-state index in [4.69, 9.17) is 23.2 Å². The lowest BCUT2D eigenvalue weighted by Crippen LogP contribution is -2.30. The first-order valence-corrected chi connectivity index (χ1v) is 8.49. The molecule has 0 saturated carbocycles. The molecule has 1 N–H and O–H groups in total. The Kier molecular flexibility index (Phi) is 5.99. The quantitative estimate of drug-likeness (QED) is 0.805. The highest BCUT2D eigenvalue weighted by molar-refractivity contribution is 7.99. The van der Waals surface area contributed by atoms with Gasteiger partial charge in [0.05, 0.1) is 5.69 Å². The molecule has 6 heteroatoms. The van der Waals surface area contributed by atoms with Crippen molar-refractivity contribution in [1.82, 2.24) is 15.1 Å². The van der Waals surface area contributed by atoms with E-state index in [2.05, 4.69) is 16.5 Å². The zero-order valence-electron chi connectivity index (χ0n) is 12.4. The standard InChI is InChI=1S/C15H19Cl2N3S/c1-10-14(15(17)20(3)19-10)8-12(18-2)9-21-13-6-4-5-11(16)7-13/h4-7,12,18H,8-9H2,1-3H3. The van der Waals surface area contributed by atoms with Crippen molar-refractivity contribution in [3.8, 4) is 0 Å². The third-order valence-electron chi connectivity index (χ3n) is 3.38. The van der Waals surface area contributed by atoms with Gasteiger partial charge in [0, 0.05) is 34.3 Å². The fourth-order valence-corrected chi connectivity index (χ4v) is 3.72. The van der Waals surface area contributed by atoms with Crippen LogP contribution in [0.5, 0.6) is 0 Å². The number of hydrogen-bond acceptors (Lipinski definition) is 3. The molecular weight excluding hydrogens is 325 g/mol. The third kappa shape index (κ3) is 4.39. The number of halogens is 2. The van der Waals surface area contributed by atoms with E-state index in [0.717, 1.165) is 33.6 Å². The molecule has 114 valence electrons. The summed E-state index contributed by atoms with van der Waals surface area (Å²) in [5.74, 6) is 0.946. The predicted molar refractivity (Wildman–Crippen MR) is 91.7 cm³/mol. The fourth-order valence-electron chi connectivity index (χ4n) is 2.15. The average Bonchev–Trinajstić information content (AvgIpc) is 2.69. The molecular formula is C15H19Cl2N3S. The SMILES string of the molecule is CNC(CSc1cccc(Cl)c1)Cc1c(C)nn(C)c1Cl. The van der Waals surface area contributed by atoms with Crippen LogP contribution in [-0.2, 0) is 13.5 Å². The summed E-state index contributed by atoms with van der Waals surface area (Å²) in [7, 11) is 3.84. The summed E-state index contributed by atoms with van der Waals surface area (Å²) >= 11 is 14.1. The van der Waals surface area contributed by atoms with E-state index < -0.39 is 0 Å². The first-order chi connectivity index (χ1) is 10.0. The van der Waals surface area contributed by atoms with Crippen LogP contribution in [0.25, 0.3) is 0 Å². The highest BCUT2D eigenvalue weighted by Crippen LogP contribution is 2.25. The maximum atomic E-state index is 6.30. The lowest BCUT2D eigenvalue weighted by molar-refractivity contribution is 0.615. The molecule has 1 heterocycles. The molecule has 0 spiro atoms. The van der Waals surface area contributed by atoms with E-state index in [0.29, 0.717) is 6.04 Å². The zero-order chi connectivity index (χ0) is 15.4. The first-order valence-electron chi connectivity index (χ1n) is 6.75. The Balaban J connectivity index is 2.00. The van der Waals surface area contributed by atoms with Crippen LogP contribution < -0.4 is 5.32 Å². The van der Waals surface area contributed by atoms with Crippen LogP contribution in [0.15, 0.2) is 29.2 Å². The van der Waals surface area contributed by atoms with Crippen LogP contribution in [0.2, 0.25) is 10.2 Å². The second-order valence-electron chi connectivity index (χ2n) is 4.94. The monoisotopic (exact) mass is 343 g/mol. The van der Waals surface area contributed by atoms with Crippen LogP contribution in [0, 0.1) is 6.92 Å². The van der Waals surface area contributed by atoms with E-state index in [1.54, 1.807) is 16.4 Å². The number of thioether (sulfide) groups is 1. The van der Waals surface area contributed by atoms with Crippen LogP contribution in [0.1, 0.15) is 11.3 Å².